The van der Waals surface area contributed by atoms with Crippen LogP contribution >= 0.6 is 0 Å². The van der Waals surface area contributed by atoms with E-state index in [1.54, 1.807) is 0 Å². The smallest absolute Gasteiger partial charge is 0.0698 e. The molecule has 0 spiro atoms. The van der Waals surface area contributed by atoms with Crippen molar-refractivity contribution in [2.45, 2.75) is 51.8 Å². The van der Waals surface area contributed by atoms with E-state index in [9.17, 15) is 0 Å². The summed E-state index contributed by atoms with van der Waals surface area (Å²) in [7, 11) is 1.81. The van der Waals surface area contributed by atoms with E-state index in [1.165, 1.54) is 19.4 Å². The topological polar surface area (TPSA) is 12.5 Å². The Morgan fingerprint density at radius 3 is 2.50 bits per heavy atom. The van der Waals surface area contributed by atoms with Gasteiger partial charge in [-0.1, -0.05) is 0 Å². The van der Waals surface area contributed by atoms with Crippen molar-refractivity contribution in [3.05, 3.63) is 0 Å². The van der Waals surface area contributed by atoms with Crippen LogP contribution in [-0.2, 0) is 4.74 Å². The maximum atomic E-state index is 5.37. The van der Waals surface area contributed by atoms with E-state index < -0.39 is 0 Å². The molecule has 0 aromatic carbocycles. The molecule has 0 bridgehead atoms. The summed E-state index contributed by atoms with van der Waals surface area (Å²) in [6.07, 6.45) is 3.01. The minimum Gasteiger partial charge on any atom is -0.380 e. The molecule has 0 aromatic rings. The van der Waals surface area contributed by atoms with E-state index in [0.717, 1.165) is 0 Å². The van der Waals surface area contributed by atoms with Gasteiger partial charge in [-0.3, -0.25) is 4.90 Å². The standard InChI is InChI=1S/C10H21NO/c1-8(2)11-7-5-6-10(11)9(3)12-4/h8-10H,5-7H2,1-4H3/t9-,10-/m0/s1. The first-order valence-electron chi connectivity index (χ1n) is 4.95. The number of rotatable bonds is 3. The van der Waals surface area contributed by atoms with Crippen LogP contribution < -0.4 is 0 Å². The lowest BCUT2D eigenvalue weighted by atomic mass is 10.1. The first-order chi connectivity index (χ1) is 5.66. The molecule has 0 unspecified atom stereocenters. The fourth-order valence-electron chi connectivity index (χ4n) is 2.12. The van der Waals surface area contributed by atoms with Crippen molar-refractivity contribution >= 4 is 0 Å². The zero-order chi connectivity index (χ0) is 9.14. The van der Waals surface area contributed by atoms with Crippen molar-refractivity contribution in [1.82, 2.24) is 4.90 Å². The third kappa shape index (κ3) is 1.99. The van der Waals surface area contributed by atoms with Crippen LogP contribution in [0.2, 0.25) is 0 Å². The zero-order valence-corrected chi connectivity index (χ0v) is 8.71. The Labute approximate surface area is 75.9 Å². The fraction of sp³-hybridized carbons (Fsp3) is 1.00. The molecule has 0 N–H and O–H groups in total. The van der Waals surface area contributed by atoms with Gasteiger partial charge in [0, 0.05) is 19.2 Å². The van der Waals surface area contributed by atoms with Crippen molar-refractivity contribution in [1.29, 1.82) is 0 Å². The number of likely N-dealkylation sites (tertiary alicyclic amines) is 1. The van der Waals surface area contributed by atoms with E-state index in [0.29, 0.717) is 18.2 Å². The Hall–Kier alpha value is -0.0800. The Kier molecular flexibility index (Phi) is 3.53. The van der Waals surface area contributed by atoms with Gasteiger partial charge in [-0.05, 0) is 40.2 Å². The second-order valence-corrected chi connectivity index (χ2v) is 3.98. The van der Waals surface area contributed by atoms with Crippen molar-refractivity contribution in [2.75, 3.05) is 13.7 Å². The molecule has 12 heavy (non-hydrogen) atoms. The zero-order valence-electron chi connectivity index (χ0n) is 8.71. The van der Waals surface area contributed by atoms with E-state index in [1.807, 2.05) is 7.11 Å². The molecule has 2 heteroatoms. The third-order valence-corrected chi connectivity index (χ3v) is 2.92. The number of nitrogens with zero attached hydrogens (tertiary/aromatic N) is 1. The highest BCUT2D eigenvalue weighted by Crippen LogP contribution is 2.23. The summed E-state index contributed by atoms with van der Waals surface area (Å²) in [6.45, 7) is 7.95. The summed E-state index contributed by atoms with van der Waals surface area (Å²) in [5.74, 6) is 0. The number of hydrogen-bond acceptors (Lipinski definition) is 2. The summed E-state index contributed by atoms with van der Waals surface area (Å²) in [5.41, 5.74) is 0. The maximum Gasteiger partial charge on any atom is 0.0698 e. The van der Waals surface area contributed by atoms with Gasteiger partial charge in [0.1, 0.15) is 0 Å². The van der Waals surface area contributed by atoms with Crippen molar-refractivity contribution in [3.63, 3.8) is 0 Å². The van der Waals surface area contributed by atoms with Gasteiger partial charge in [0.2, 0.25) is 0 Å². The largest absolute Gasteiger partial charge is 0.380 e. The molecule has 1 saturated heterocycles. The van der Waals surface area contributed by atoms with Crippen LogP contribution in [0, 0.1) is 0 Å². The average Bonchev–Trinajstić information content (AvgIpc) is 2.50. The lowest BCUT2D eigenvalue weighted by molar-refractivity contribution is 0.0328. The van der Waals surface area contributed by atoms with Gasteiger partial charge in [0.25, 0.3) is 0 Å². The molecule has 72 valence electrons. The average molecular weight is 171 g/mol. The molecule has 1 rings (SSSR count). The van der Waals surface area contributed by atoms with E-state index in [4.69, 9.17) is 4.74 Å². The summed E-state index contributed by atoms with van der Waals surface area (Å²) in [6, 6.07) is 1.31. The van der Waals surface area contributed by atoms with E-state index >= 15 is 0 Å². The molecule has 1 heterocycles. The normalized spacial score (nSPS) is 28.2. The van der Waals surface area contributed by atoms with Gasteiger partial charge in [-0.25, -0.2) is 0 Å². The molecule has 0 saturated carbocycles. The predicted octanol–water partition coefficient (Wildman–Crippen LogP) is 1.89. The number of methoxy groups -OCH3 is 1. The first-order valence-corrected chi connectivity index (χ1v) is 4.95. The lowest BCUT2D eigenvalue weighted by Gasteiger charge is -2.31. The summed E-state index contributed by atoms with van der Waals surface area (Å²) < 4.78 is 5.37. The summed E-state index contributed by atoms with van der Waals surface area (Å²) in [4.78, 5) is 2.55. The van der Waals surface area contributed by atoms with Crippen LogP contribution in [0.25, 0.3) is 0 Å². The first kappa shape index (κ1) is 10.0. The Morgan fingerprint density at radius 2 is 2.00 bits per heavy atom. The maximum absolute atomic E-state index is 5.37. The van der Waals surface area contributed by atoms with Gasteiger partial charge in [-0.2, -0.15) is 0 Å². The summed E-state index contributed by atoms with van der Waals surface area (Å²) in [5, 5.41) is 0. The SMILES string of the molecule is CO[C@@H](C)[C@@H]1CCCN1C(C)C. The quantitative estimate of drug-likeness (QED) is 0.643. The molecule has 2 nitrogen and oxygen atoms in total. The van der Waals surface area contributed by atoms with Crippen LogP contribution in [0.1, 0.15) is 33.6 Å². The highest BCUT2D eigenvalue weighted by Gasteiger charge is 2.30. The number of hydrogen-bond donors (Lipinski definition) is 0. The Bertz CT molecular complexity index is 136. The molecule has 1 aliphatic heterocycles. The van der Waals surface area contributed by atoms with Gasteiger partial charge in [0.05, 0.1) is 6.10 Å². The molecular formula is C10H21NO. The van der Waals surface area contributed by atoms with E-state index in [-0.39, 0.29) is 0 Å². The Morgan fingerprint density at radius 1 is 1.33 bits per heavy atom. The van der Waals surface area contributed by atoms with Gasteiger partial charge >= 0.3 is 0 Å². The van der Waals surface area contributed by atoms with Gasteiger partial charge in [0.15, 0.2) is 0 Å². The minimum atomic E-state index is 0.384. The molecule has 0 aliphatic carbocycles. The molecule has 0 aromatic heterocycles. The molecular weight excluding hydrogens is 150 g/mol. The highest BCUT2D eigenvalue weighted by molar-refractivity contribution is 4.85. The minimum absolute atomic E-state index is 0.384. The predicted molar refractivity (Wildman–Crippen MR) is 51.3 cm³/mol. The van der Waals surface area contributed by atoms with Gasteiger partial charge in [-0.15, -0.1) is 0 Å². The molecule has 2 atom stereocenters. The molecule has 1 fully saturated rings. The third-order valence-electron chi connectivity index (χ3n) is 2.92. The van der Waals surface area contributed by atoms with Crippen molar-refractivity contribution in [3.8, 4) is 0 Å². The van der Waals surface area contributed by atoms with E-state index in [2.05, 4.69) is 25.7 Å². The van der Waals surface area contributed by atoms with Crippen LogP contribution in [0.3, 0.4) is 0 Å². The second-order valence-electron chi connectivity index (χ2n) is 3.98. The van der Waals surface area contributed by atoms with Crippen LogP contribution in [0.5, 0.6) is 0 Å². The van der Waals surface area contributed by atoms with Crippen LogP contribution in [0.4, 0.5) is 0 Å². The summed E-state index contributed by atoms with van der Waals surface area (Å²) >= 11 is 0. The molecule has 0 radical (unpaired) electrons. The van der Waals surface area contributed by atoms with Crippen LogP contribution in [0.15, 0.2) is 0 Å². The molecule has 0 amide bonds. The Balaban J connectivity index is 2.51. The van der Waals surface area contributed by atoms with Crippen molar-refractivity contribution in [2.24, 2.45) is 0 Å². The lowest BCUT2D eigenvalue weighted by Crippen LogP contribution is -2.42. The van der Waals surface area contributed by atoms with Gasteiger partial charge < -0.3 is 4.74 Å². The monoisotopic (exact) mass is 171 g/mol. The van der Waals surface area contributed by atoms with Crippen molar-refractivity contribution < 1.29 is 4.74 Å². The fourth-order valence-corrected chi connectivity index (χ4v) is 2.12. The van der Waals surface area contributed by atoms with Crippen LogP contribution in [-0.4, -0.2) is 36.7 Å². The highest BCUT2D eigenvalue weighted by atomic mass is 16.5. The second kappa shape index (κ2) is 4.24. The molecule has 1 aliphatic rings. The number of ether oxygens (including phenoxy) is 1.